The number of aryl methyl sites for hydroxylation is 1. The van der Waals surface area contributed by atoms with Gasteiger partial charge in [-0.05, 0) is 37.5 Å². The zero-order chi connectivity index (χ0) is 21.5. The first-order valence-corrected chi connectivity index (χ1v) is 10.4. The molecule has 2 aromatic rings. The predicted molar refractivity (Wildman–Crippen MR) is 115 cm³/mol. The van der Waals surface area contributed by atoms with Gasteiger partial charge < -0.3 is 14.8 Å². The topological polar surface area (TPSA) is 82.5 Å². The molecule has 7 nitrogen and oxygen atoms in total. The van der Waals surface area contributed by atoms with E-state index < -0.39 is 5.97 Å². The van der Waals surface area contributed by atoms with E-state index in [2.05, 4.69) is 10.4 Å². The highest BCUT2D eigenvalue weighted by Crippen LogP contribution is 2.24. The Kier molecular flexibility index (Phi) is 7.90. The van der Waals surface area contributed by atoms with E-state index in [0.717, 1.165) is 25.0 Å². The van der Waals surface area contributed by atoms with Gasteiger partial charge in [-0.15, -0.1) is 0 Å². The van der Waals surface area contributed by atoms with Crippen LogP contribution in [0.3, 0.4) is 0 Å². The molecule has 1 fully saturated rings. The molecular formula is C21H23Cl2N3O4. The summed E-state index contributed by atoms with van der Waals surface area (Å²) in [5.74, 6) is -1.01. The van der Waals surface area contributed by atoms with E-state index in [1.54, 1.807) is 17.7 Å². The van der Waals surface area contributed by atoms with Crippen LogP contribution in [-0.4, -0.2) is 47.5 Å². The van der Waals surface area contributed by atoms with Crippen LogP contribution in [0.25, 0.3) is 6.08 Å². The van der Waals surface area contributed by atoms with Crippen molar-refractivity contribution in [1.82, 2.24) is 15.1 Å². The quantitative estimate of drug-likeness (QED) is 0.491. The number of nitrogens with one attached hydrogen (secondary N) is 1. The molecule has 9 heteroatoms. The van der Waals surface area contributed by atoms with Gasteiger partial charge in [0, 0.05) is 29.8 Å². The lowest BCUT2D eigenvalue weighted by molar-refractivity contribution is -0.143. The van der Waals surface area contributed by atoms with Gasteiger partial charge in [0.05, 0.1) is 18.3 Å². The number of hydrogen-bond donors (Lipinski definition) is 1. The van der Waals surface area contributed by atoms with Gasteiger partial charge in [-0.2, -0.15) is 5.10 Å². The van der Waals surface area contributed by atoms with Crippen LogP contribution in [0.2, 0.25) is 10.2 Å². The number of halogens is 2. The van der Waals surface area contributed by atoms with Crippen molar-refractivity contribution >= 4 is 41.2 Å². The lowest BCUT2D eigenvalue weighted by Crippen LogP contribution is -2.34. The minimum atomic E-state index is -0.642. The van der Waals surface area contributed by atoms with E-state index in [0.29, 0.717) is 34.5 Å². The molecule has 0 bridgehead atoms. The zero-order valence-corrected chi connectivity index (χ0v) is 18.1. The van der Waals surface area contributed by atoms with Crippen LogP contribution < -0.4 is 5.32 Å². The zero-order valence-electron chi connectivity index (χ0n) is 16.6. The molecule has 0 radical (unpaired) electrons. The molecule has 2 heterocycles. The summed E-state index contributed by atoms with van der Waals surface area (Å²) in [7, 11) is 0. The Labute approximate surface area is 184 Å². The molecule has 3 rings (SSSR count). The van der Waals surface area contributed by atoms with E-state index in [1.165, 1.54) is 12.2 Å². The fourth-order valence-corrected chi connectivity index (χ4v) is 3.56. The number of rotatable bonds is 8. The molecule has 1 aromatic carbocycles. The second-order valence-corrected chi connectivity index (χ2v) is 7.68. The number of hydrogen-bond acceptors (Lipinski definition) is 5. The van der Waals surface area contributed by atoms with Gasteiger partial charge in [0.1, 0.15) is 5.15 Å². The van der Waals surface area contributed by atoms with Crippen LogP contribution in [0, 0.1) is 6.92 Å². The number of benzene rings is 1. The van der Waals surface area contributed by atoms with Crippen molar-refractivity contribution in [2.24, 2.45) is 0 Å². The summed E-state index contributed by atoms with van der Waals surface area (Å²) < 4.78 is 12.0. The van der Waals surface area contributed by atoms with Crippen molar-refractivity contribution in [3.63, 3.8) is 0 Å². The maximum Gasteiger partial charge on any atom is 0.331 e. The molecule has 1 N–H and O–H groups in total. The molecule has 30 heavy (non-hydrogen) atoms. The number of carbonyl (C=O) groups is 2. The average molecular weight is 452 g/mol. The fourth-order valence-electron chi connectivity index (χ4n) is 3.07. The lowest BCUT2D eigenvalue weighted by Gasteiger charge is -2.10. The first-order valence-electron chi connectivity index (χ1n) is 9.63. The maximum absolute atomic E-state index is 11.9. The first kappa shape index (κ1) is 22.3. The lowest BCUT2D eigenvalue weighted by atomic mass is 10.2. The van der Waals surface area contributed by atoms with Crippen molar-refractivity contribution in [3.05, 3.63) is 57.3 Å². The van der Waals surface area contributed by atoms with Gasteiger partial charge in [0.15, 0.2) is 6.61 Å². The Morgan fingerprint density at radius 2 is 2.17 bits per heavy atom. The smallest absolute Gasteiger partial charge is 0.331 e. The summed E-state index contributed by atoms with van der Waals surface area (Å²) >= 11 is 12.6. The molecule has 1 unspecified atom stereocenters. The van der Waals surface area contributed by atoms with Crippen molar-refractivity contribution < 1.29 is 19.1 Å². The van der Waals surface area contributed by atoms with Gasteiger partial charge in [0.25, 0.3) is 5.91 Å². The SMILES string of the molecule is Cc1nn(Cc2ccccc2Cl)c(Cl)c1/C=C/C(=O)OCC(=O)NCC1CCCO1. The van der Waals surface area contributed by atoms with Crippen LogP contribution in [0.1, 0.15) is 29.7 Å². The van der Waals surface area contributed by atoms with Crippen molar-refractivity contribution in [2.75, 3.05) is 19.8 Å². The highest BCUT2D eigenvalue weighted by Gasteiger charge is 2.17. The number of amides is 1. The second-order valence-electron chi connectivity index (χ2n) is 6.92. The first-order chi connectivity index (χ1) is 14.4. The van der Waals surface area contributed by atoms with E-state index in [9.17, 15) is 9.59 Å². The van der Waals surface area contributed by atoms with Gasteiger partial charge in [-0.3, -0.25) is 4.79 Å². The minimum Gasteiger partial charge on any atom is -0.452 e. The van der Waals surface area contributed by atoms with E-state index in [4.69, 9.17) is 32.7 Å². The Bertz CT molecular complexity index is 936. The Hall–Kier alpha value is -2.35. The third kappa shape index (κ3) is 6.08. The van der Waals surface area contributed by atoms with Gasteiger partial charge in [-0.1, -0.05) is 41.4 Å². The summed E-state index contributed by atoms with van der Waals surface area (Å²) in [5, 5.41) is 8.11. The van der Waals surface area contributed by atoms with Crippen LogP contribution in [0.4, 0.5) is 0 Å². The van der Waals surface area contributed by atoms with E-state index in [-0.39, 0.29) is 18.6 Å². The molecule has 1 aromatic heterocycles. The van der Waals surface area contributed by atoms with Crippen LogP contribution in [0.15, 0.2) is 30.3 Å². The Morgan fingerprint density at radius 1 is 1.37 bits per heavy atom. The number of carbonyl (C=O) groups excluding carboxylic acids is 2. The van der Waals surface area contributed by atoms with Gasteiger partial charge in [-0.25, -0.2) is 9.48 Å². The highest BCUT2D eigenvalue weighted by molar-refractivity contribution is 6.32. The summed E-state index contributed by atoms with van der Waals surface area (Å²) in [5.41, 5.74) is 2.14. The fraction of sp³-hybridized carbons (Fsp3) is 0.381. The van der Waals surface area contributed by atoms with Crippen molar-refractivity contribution in [2.45, 2.75) is 32.4 Å². The molecule has 0 saturated carbocycles. The molecule has 0 spiro atoms. The summed E-state index contributed by atoms with van der Waals surface area (Å²) in [4.78, 5) is 23.7. The summed E-state index contributed by atoms with van der Waals surface area (Å²) in [6.45, 7) is 2.98. The largest absolute Gasteiger partial charge is 0.452 e. The Balaban J connectivity index is 1.52. The van der Waals surface area contributed by atoms with Gasteiger partial charge >= 0.3 is 5.97 Å². The standard InChI is InChI=1S/C21H23Cl2N3O4/c1-14-17(21(23)26(25-14)12-15-5-2-3-7-18(15)22)8-9-20(28)30-13-19(27)24-11-16-6-4-10-29-16/h2-3,5,7-9,16H,4,6,10-13H2,1H3,(H,24,27)/b9-8+. The van der Waals surface area contributed by atoms with E-state index >= 15 is 0 Å². The van der Waals surface area contributed by atoms with Crippen molar-refractivity contribution in [1.29, 1.82) is 0 Å². The molecule has 1 aliphatic rings. The number of esters is 1. The van der Waals surface area contributed by atoms with Crippen molar-refractivity contribution in [3.8, 4) is 0 Å². The molecule has 1 amide bonds. The monoisotopic (exact) mass is 451 g/mol. The van der Waals surface area contributed by atoms with E-state index in [1.807, 2.05) is 18.2 Å². The Morgan fingerprint density at radius 3 is 2.90 bits per heavy atom. The van der Waals surface area contributed by atoms with Crippen LogP contribution >= 0.6 is 23.2 Å². The highest BCUT2D eigenvalue weighted by atomic mass is 35.5. The van der Waals surface area contributed by atoms with Crippen LogP contribution in [-0.2, 0) is 25.6 Å². The molecule has 1 saturated heterocycles. The van der Waals surface area contributed by atoms with Crippen LogP contribution in [0.5, 0.6) is 0 Å². The number of nitrogens with zero attached hydrogens (tertiary/aromatic N) is 2. The van der Waals surface area contributed by atoms with Gasteiger partial charge in [0.2, 0.25) is 0 Å². The number of aromatic nitrogens is 2. The molecule has 1 aliphatic heterocycles. The average Bonchev–Trinajstić information content (AvgIpc) is 3.33. The predicted octanol–water partition coefficient (Wildman–Crippen LogP) is 3.40. The third-order valence-electron chi connectivity index (χ3n) is 4.67. The molecule has 1 atom stereocenters. The molecule has 0 aliphatic carbocycles. The maximum atomic E-state index is 11.9. The minimum absolute atomic E-state index is 0.0389. The number of ether oxygens (including phenoxy) is 2. The molecule has 160 valence electrons. The molecular weight excluding hydrogens is 429 g/mol. The summed E-state index contributed by atoms with van der Waals surface area (Å²) in [6, 6.07) is 7.44. The normalized spacial score (nSPS) is 16.2. The second kappa shape index (κ2) is 10.6. The third-order valence-corrected chi connectivity index (χ3v) is 5.44. The summed E-state index contributed by atoms with van der Waals surface area (Å²) in [6.07, 6.45) is 4.71.